The summed E-state index contributed by atoms with van der Waals surface area (Å²) in [7, 11) is 1.61. The summed E-state index contributed by atoms with van der Waals surface area (Å²) in [5.74, 6) is 1.71. The van der Waals surface area contributed by atoms with Gasteiger partial charge in [-0.3, -0.25) is 4.79 Å². The molecule has 1 amide bonds. The Labute approximate surface area is 151 Å². The van der Waals surface area contributed by atoms with Crippen molar-refractivity contribution >= 4 is 11.6 Å². The average molecular weight is 349 g/mol. The van der Waals surface area contributed by atoms with Crippen LogP contribution in [0.15, 0.2) is 42.9 Å². The van der Waals surface area contributed by atoms with Gasteiger partial charge in [0.2, 0.25) is 0 Å². The Morgan fingerprint density at radius 2 is 2.00 bits per heavy atom. The van der Waals surface area contributed by atoms with Gasteiger partial charge in [-0.05, 0) is 43.5 Å². The van der Waals surface area contributed by atoms with Gasteiger partial charge in [0, 0.05) is 12.1 Å². The lowest BCUT2D eigenvalue weighted by molar-refractivity contribution is 0.102. The summed E-state index contributed by atoms with van der Waals surface area (Å²) in [4.78, 5) is 21.0. The van der Waals surface area contributed by atoms with Gasteiger partial charge in [0.1, 0.15) is 17.3 Å². The second kappa shape index (κ2) is 6.59. The largest absolute Gasteiger partial charge is 0.494 e. The molecule has 7 nitrogen and oxygen atoms in total. The zero-order valence-corrected chi connectivity index (χ0v) is 14.6. The molecule has 1 fully saturated rings. The Hall–Kier alpha value is -3.22. The minimum atomic E-state index is -0.307. The molecule has 1 aromatic carbocycles. The number of carbonyl (C=O) groups is 1. The molecule has 2 aromatic heterocycles. The number of rotatable bonds is 5. The molecule has 0 spiro atoms. The molecule has 26 heavy (non-hydrogen) atoms. The third-order valence-electron chi connectivity index (χ3n) is 4.28. The number of methoxy groups -OCH3 is 1. The summed E-state index contributed by atoms with van der Waals surface area (Å²) in [6, 6.07) is 7.46. The highest BCUT2D eigenvalue weighted by Crippen LogP contribution is 2.37. The van der Waals surface area contributed by atoms with Crippen LogP contribution < -0.4 is 10.1 Å². The lowest BCUT2D eigenvalue weighted by Gasteiger charge is -2.09. The van der Waals surface area contributed by atoms with E-state index in [0.717, 1.165) is 29.9 Å². The summed E-state index contributed by atoms with van der Waals surface area (Å²) >= 11 is 0. The van der Waals surface area contributed by atoms with Gasteiger partial charge in [0.25, 0.3) is 5.91 Å². The Morgan fingerprint density at radius 1 is 1.23 bits per heavy atom. The summed E-state index contributed by atoms with van der Waals surface area (Å²) in [5.41, 5.74) is 2.72. The fourth-order valence-corrected chi connectivity index (χ4v) is 2.71. The first-order chi connectivity index (χ1) is 12.6. The topological polar surface area (TPSA) is 81.9 Å². The van der Waals surface area contributed by atoms with Crippen molar-refractivity contribution in [3.63, 3.8) is 0 Å². The molecule has 1 aliphatic rings. The van der Waals surface area contributed by atoms with E-state index >= 15 is 0 Å². The van der Waals surface area contributed by atoms with Crippen LogP contribution in [0.2, 0.25) is 0 Å². The number of hydrogen-bond acceptors (Lipinski definition) is 5. The smallest absolute Gasteiger partial charge is 0.276 e. The maximum Gasteiger partial charge on any atom is 0.276 e. The van der Waals surface area contributed by atoms with Crippen molar-refractivity contribution in [2.75, 3.05) is 12.4 Å². The van der Waals surface area contributed by atoms with Crippen molar-refractivity contribution in [3.05, 3.63) is 59.9 Å². The second-order valence-corrected chi connectivity index (χ2v) is 6.38. The normalized spacial score (nSPS) is 13.5. The fourth-order valence-electron chi connectivity index (χ4n) is 2.71. The van der Waals surface area contributed by atoms with Gasteiger partial charge < -0.3 is 10.1 Å². The van der Waals surface area contributed by atoms with Crippen LogP contribution in [-0.2, 0) is 0 Å². The number of amides is 1. The highest BCUT2D eigenvalue weighted by Gasteiger charge is 2.26. The van der Waals surface area contributed by atoms with Crippen LogP contribution in [0.3, 0.4) is 0 Å². The number of aromatic nitrogens is 4. The van der Waals surface area contributed by atoms with Gasteiger partial charge in [-0.2, -0.15) is 5.10 Å². The Morgan fingerprint density at radius 3 is 2.69 bits per heavy atom. The van der Waals surface area contributed by atoms with Gasteiger partial charge in [-0.15, -0.1) is 0 Å². The number of nitrogens with one attached hydrogen (secondary N) is 1. The highest BCUT2D eigenvalue weighted by atomic mass is 16.5. The summed E-state index contributed by atoms with van der Waals surface area (Å²) in [6.45, 7) is 1.99. The van der Waals surface area contributed by atoms with Crippen molar-refractivity contribution in [1.29, 1.82) is 0 Å². The first kappa shape index (κ1) is 16.3. The molecular formula is C19H19N5O2. The van der Waals surface area contributed by atoms with Crippen LogP contribution in [0.25, 0.3) is 5.69 Å². The maximum absolute atomic E-state index is 12.4. The summed E-state index contributed by atoms with van der Waals surface area (Å²) in [5, 5.41) is 7.14. The van der Waals surface area contributed by atoms with Crippen LogP contribution in [-0.4, -0.2) is 32.8 Å². The fraction of sp³-hybridized carbons (Fsp3) is 0.263. The minimum absolute atomic E-state index is 0.305. The van der Waals surface area contributed by atoms with Gasteiger partial charge in [0.15, 0.2) is 5.69 Å². The van der Waals surface area contributed by atoms with Crippen LogP contribution in [0.5, 0.6) is 5.75 Å². The quantitative estimate of drug-likeness (QED) is 0.765. The van der Waals surface area contributed by atoms with E-state index in [1.807, 2.05) is 25.1 Å². The number of nitrogens with zero attached hydrogens (tertiary/aromatic N) is 4. The SMILES string of the molecule is COc1ccc(C)cc1-n1ccc(C(=O)Nc2cnc(C3CC3)nc2)n1. The molecule has 132 valence electrons. The molecule has 1 N–H and O–H groups in total. The molecule has 0 saturated heterocycles. The molecule has 0 unspecified atom stereocenters. The van der Waals surface area contributed by atoms with Gasteiger partial charge in [-0.25, -0.2) is 14.6 Å². The van der Waals surface area contributed by atoms with Crippen molar-refractivity contribution in [3.8, 4) is 11.4 Å². The Bertz CT molecular complexity index is 945. The van der Waals surface area contributed by atoms with Crippen molar-refractivity contribution < 1.29 is 9.53 Å². The van der Waals surface area contributed by atoms with E-state index in [1.165, 1.54) is 0 Å². The zero-order valence-electron chi connectivity index (χ0n) is 14.6. The first-order valence-electron chi connectivity index (χ1n) is 8.48. The number of benzene rings is 1. The zero-order chi connectivity index (χ0) is 18.1. The molecular weight excluding hydrogens is 330 g/mol. The van der Waals surface area contributed by atoms with Crippen LogP contribution in [0.4, 0.5) is 5.69 Å². The summed E-state index contributed by atoms with van der Waals surface area (Å²) in [6.07, 6.45) is 7.30. The third kappa shape index (κ3) is 3.28. The number of carbonyl (C=O) groups excluding carboxylic acids is 1. The molecule has 2 heterocycles. The van der Waals surface area contributed by atoms with E-state index < -0.39 is 0 Å². The monoisotopic (exact) mass is 349 g/mol. The van der Waals surface area contributed by atoms with E-state index in [9.17, 15) is 4.79 Å². The minimum Gasteiger partial charge on any atom is -0.494 e. The molecule has 0 atom stereocenters. The third-order valence-corrected chi connectivity index (χ3v) is 4.28. The predicted molar refractivity (Wildman–Crippen MR) is 96.8 cm³/mol. The van der Waals surface area contributed by atoms with Crippen molar-refractivity contribution in [2.24, 2.45) is 0 Å². The number of anilines is 1. The average Bonchev–Trinajstić information content (AvgIpc) is 3.38. The second-order valence-electron chi connectivity index (χ2n) is 6.38. The van der Waals surface area contributed by atoms with E-state index in [-0.39, 0.29) is 5.91 Å². The molecule has 0 aliphatic heterocycles. The molecule has 4 rings (SSSR count). The van der Waals surface area contributed by atoms with E-state index in [4.69, 9.17) is 4.74 Å². The van der Waals surface area contributed by atoms with Gasteiger partial charge in [0.05, 0.1) is 25.2 Å². The number of ether oxygens (including phenoxy) is 1. The maximum atomic E-state index is 12.4. The van der Waals surface area contributed by atoms with Gasteiger partial charge in [-0.1, -0.05) is 6.07 Å². The molecule has 3 aromatic rings. The first-order valence-corrected chi connectivity index (χ1v) is 8.48. The van der Waals surface area contributed by atoms with E-state index in [2.05, 4.69) is 20.4 Å². The van der Waals surface area contributed by atoms with E-state index in [1.54, 1.807) is 36.4 Å². The molecule has 7 heteroatoms. The van der Waals surface area contributed by atoms with Crippen molar-refractivity contribution in [1.82, 2.24) is 19.7 Å². The molecule has 1 aliphatic carbocycles. The molecule has 1 saturated carbocycles. The van der Waals surface area contributed by atoms with Crippen LogP contribution in [0, 0.1) is 6.92 Å². The Balaban J connectivity index is 1.52. The van der Waals surface area contributed by atoms with Crippen molar-refractivity contribution in [2.45, 2.75) is 25.7 Å². The predicted octanol–water partition coefficient (Wildman–Crippen LogP) is 3.11. The van der Waals surface area contributed by atoms with E-state index in [0.29, 0.717) is 23.0 Å². The standard InChI is InChI=1S/C19H19N5O2/c1-12-3-6-17(26-2)16(9-12)24-8-7-15(23-24)19(25)22-14-10-20-18(21-11-14)13-4-5-13/h3,6-11,13H,4-5H2,1-2H3,(H,22,25). The highest BCUT2D eigenvalue weighted by molar-refractivity contribution is 6.02. The Kier molecular flexibility index (Phi) is 4.12. The summed E-state index contributed by atoms with van der Waals surface area (Å²) < 4.78 is 7.01. The van der Waals surface area contributed by atoms with Crippen LogP contribution >= 0.6 is 0 Å². The van der Waals surface area contributed by atoms with Crippen LogP contribution in [0.1, 0.15) is 40.6 Å². The molecule has 0 bridgehead atoms. The number of hydrogen-bond donors (Lipinski definition) is 1. The molecule has 0 radical (unpaired) electrons. The lowest BCUT2D eigenvalue weighted by atomic mass is 10.2. The van der Waals surface area contributed by atoms with Gasteiger partial charge >= 0.3 is 0 Å². The number of aryl methyl sites for hydroxylation is 1. The lowest BCUT2D eigenvalue weighted by Crippen LogP contribution is -2.14.